The van der Waals surface area contributed by atoms with Crippen LogP contribution >= 0.6 is 11.8 Å². The van der Waals surface area contributed by atoms with Crippen LogP contribution in [0.25, 0.3) is 11.0 Å². The zero-order valence-corrected chi connectivity index (χ0v) is 8.38. The van der Waals surface area contributed by atoms with Crippen molar-refractivity contribution in [1.29, 1.82) is 0 Å². The Labute approximate surface area is 84.9 Å². The Morgan fingerprint density at radius 1 is 1.29 bits per heavy atom. The van der Waals surface area contributed by atoms with Crippen LogP contribution in [0.15, 0.2) is 17.2 Å². The van der Waals surface area contributed by atoms with Gasteiger partial charge in [0.25, 0.3) is 0 Å². The highest BCUT2D eigenvalue weighted by Gasteiger charge is 2.04. The van der Waals surface area contributed by atoms with E-state index in [1.165, 1.54) is 0 Å². The molecule has 0 saturated heterocycles. The number of hydrogen-bond acceptors (Lipinski definition) is 6. The molecule has 2 rings (SSSR count). The van der Waals surface area contributed by atoms with Gasteiger partial charge in [0.2, 0.25) is 5.95 Å². The molecule has 2 aromatic heterocycles. The maximum absolute atomic E-state index is 5.65. The normalized spacial score (nSPS) is 10.6. The van der Waals surface area contributed by atoms with Gasteiger partial charge in [-0.25, -0.2) is 9.97 Å². The molecule has 6 heteroatoms. The first-order valence-corrected chi connectivity index (χ1v) is 5.16. The maximum atomic E-state index is 5.65. The third-order valence-electron chi connectivity index (χ3n) is 1.79. The second kappa shape index (κ2) is 3.30. The van der Waals surface area contributed by atoms with Gasteiger partial charge in [0.15, 0.2) is 5.82 Å². The van der Waals surface area contributed by atoms with E-state index >= 15 is 0 Å². The first kappa shape index (κ1) is 9.01. The van der Waals surface area contributed by atoms with Crippen LogP contribution < -0.4 is 11.5 Å². The number of nitrogen functional groups attached to an aromatic ring is 2. The molecule has 0 atom stereocenters. The maximum Gasteiger partial charge on any atom is 0.222 e. The average Bonchev–Trinajstić information content (AvgIpc) is 2.16. The van der Waals surface area contributed by atoms with Crippen LogP contribution in [0.4, 0.5) is 11.8 Å². The average molecular weight is 207 g/mol. The van der Waals surface area contributed by atoms with E-state index in [1.54, 1.807) is 18.0 Å². The molecule has 72 valence electrons. The minimum absolute atomic E-state index is 0.176. The highest BCUT2D eigenvalue weighted by atomic mass is 32.2. The molecular weight excluding hydrogens is 198 g/mol. The number of rotatable bonds is 1. The Kier molecular flexibility index (Phi) is 2.12. The Morgan fingerprint density at radius 3 is 2.79 bits per heavy atom. The van der Waals surface area contributed by atoms with Gasteiger partial charge < -0.3 is 11.5 Å². The second-order valence-electron chi connectivity index (χ2n) is 2.71. The third kappa shape index (κ3) is 1.44. The highest BCUT2D eigenvalue weighted by molar-refractivity contribution is 7.98. The van der Waals surface area contributed by atoms with E-state index in [-0.39, 0.29) is 5.95 Å². The first-order valence-electron chi connectivity index (χ1n) is 3.93. The molecule has 5 nitrogen and oxygen atoms in total. The lowest BCUT2D eigenvalue weighted by atomic mass is 10.3. The zero-order valence-electron chi connectivity index (χ0n) is 7.56. The molecule has 0 aliphatic carbocycles. The zero-order chi connectivity index (χ0) is 10.1. The Balaban J connectivity index is 2.75. The van der Waals surface area contributed by atoms with Crippen LogP contribution in [0, 0.1) is 0 Å². The van der Waals surface area contributed by atoms with Gasteiger partial charge in [-0.3, -0.25) is 0 Å². The molecule has 0 amide bonds. The topological polar surface area (TPSA) is 90.7 Å². The molecule has 2 aromatic rings. The molecule has 0 unspecified atom stereocenters. The van der Waals surface area contributed by atoms with Crippen LogP contribution in [-0.2, 0) is 0 Å². The van der Waals surface area contributed by atoms with E-state index in [0.29, 0.717) is 16.9 Å². The molecule has 4 N–H and O–H groups in total. The summed E-state index contributed by atoms with van der Waals surface area (Å²) in [6.45, 7) is 0. The predicted molar refractivity (Wildman–Crippen MR) is 57.9 cm³/mol. The van der Waals surface area contributed by atoms with Crippen LogP contribution in [0.3, 0.4) is 0 Å². The molecule has 0 aliphatic rings. The quantitative estimate of drug-likeness (QED) is 0.675. The minimum Gasteiger partial charge on any atom is -0.382 e. The lowest BCUT2D eigenvalue weighted by Crippen LogP contribution is -2.01. The standard InChI is InChI=1S/C8H9N5S/c1-14-4-2-5-6(11-3-4)7(9)13-8(10)12-5/h2-3H,1H3,(H4,9,10,12,13). The van der Waals surface area contributed by atoms with Crippen molar-refractivity contribution in [3.05, 3.63) is 12.3 Å². The molecule has 0 aromatic carbocycles. The number of anilines is 2. The van der Waals surface area contributed by atoms with Gasteiger partial charge in [0.05, 0.1) is 5.52 Å². The van der Waals surface area contributed by atoms with Crippen LogP contribution in [0.1, 0.15) is 0 Å². The second-order valence-corrected chi connectivity index (χ2v) is 3.59. The van der Waals surface area contributed by atoms with E-state index < -0.39 is 0 Å². The summed E-state index contributed by atoms with van der Waals surface area (Å²) in [5.74, 6) is 0.496. The Morgan fingerprint density at radius 2 is 2.07 bits per heavy atom. The van der Waals surface area contributed by atoms with Crippen molar-refractivity contribution in [2.75, 3.05) is 17.7 Å². The fraction of sp³-hybridized carbons (Fsp3) is 0.125. The molecular formula is C8H9N5S. The number of fused-ring (bicyclic) bond motifs is 1. The number of thioether (sulfide) groups is 1. The van der Waals surface area contributed by atoms with E-state index in [4.69, 9.17) is 11.5 Å². The van der Waals surface area contributed by atoms with Gasteiger partial charge in [-0.2, -0.15) is 4.98 Å². The number of hydrogen-bond donors (Lipinski definition) is 2. The molecule has 0 spiro atoms. The largest absolute Gasteiger partial charge is 0.382 e. The summed E-state index contributed by atoms with van der Waals surface area (Å²) in [5.41, 5.74) is 12.4. The predicted octanol–water partition coefficient (Wildman–Crippen LogP) is 0.911. The van der Waals surface area contributed by atoms with Gasteiger partial charge in [-0.1, -0.05) is 0 Å². The monoisotopic (exact) mass is 207 g/mol. The Bertz CT molecular complexity index is 484. The van der Waals surface area contributed by atoms with Gasteiger partial charge in [-0.05, 0) is 12.3 Å². The van der Waals surface area contributed by atoms with E-state index in [0.717, 1.165) is 4.90 Å². The third-order valence-corrected chi connectivity index (χ3v) is 2.49. The lowest BCUT2D eigenvalue weighted by molar-refractivity contribution is 1.20. The molecule has 2 heterocycles. The summed E-state index contributed by atoms with van der Waals surface area (Å²) < 4.78 is 0. The molecule has 14 heavy (non-hydrogen) atoms. The molecule has 0 saturated carbocycles. The van der Waals surface area contributed by atoms with Crippen molar-refractivity contribution in [1.82, 2.24) is 15.0 Å². The van der Waals surface area contributed by atoms with E-state index in [1.807, 2.05) is 12.3 Å². The SMILES string of the molecule is CSc1cnc2c(N)nc(N)nc2c1. The summed E-state index contributed by atoms with van der Waals surface area (Å²) in [4.78, 5) is 13.1. The van der Waals surface area contributed by atoms with Crippen molar-refractivity contribution in [3.8, 4) is 0 Å². The highest BCUT2D eigenvalue weighted by Crippen LogP contribution is 2.21. The number of pyridine rings is 1. The first-order chi connectivity index (χ1) is 6.70. The number of nitrogens with two attached hydrogens (primary N) is 2. The molecule has 0 fully saturated rings. The smallest absolute Gasteiger partial charge is 0.222 e. The van der Waals surface area contributed by atoms with Gasteiger partial charge in [0.1, 0.15) is 5.52 Å². The fourth-order valence-corrected chi connectivity index (χ4v) is 1.54. The van der Waals surface area contributed by atoms with Gasteiger partial charge in [-0.15, -0.1) is 11.8 Å². The lowest BCUT2D eigenvalue weighted by Gasteiger charge is -2.02. The molecule has 0 bridgehead atoms. The van der Waals surface area contributed by atoms with E-state index in [9.17, 15) is 0 Å². The summed E-state index contributed by atoms with van der Waals surface area (Å²) in [6, 6.07) is 1.89. The summed E-state index contributed by atoms with van der Waals surface area (Å²) in [6.07, 6.45) is 3.71. The number of nitrogens with zero attached hydrogens (tertiary/aromatic N) is 3. The van der Waals surface area contributed by atoms with Crippen molar-refractivity contribution in [2.45, 2.75) is 4.90 Å². The summed E-state index contributed by atoms with van der Waals surface area (Å²) >= 11 is 1.59. The minimum atomic E-state index is 0.176. The van der Waals surface area contributed by atoms with Crippen molar-refractivity contribution in [3.63, 3.8) is 0 Å². The van der Waals surface area contributed by atoms with Crippen LogP contribution in [0.5, 0.6) is 0 Å². The van der Waals surface area contributed by atoms with E-state index in [2.05, 4.69) is 15.0 Å². The fourth-order valence-electron chi connectivity index (χ4n) is 1.15. The molecule has 0 aliphatic heterocycles. The van der Waals surface area contributed by atoms with Crippen molar-refractivity contribution >= 4 is 34.6 Å². The Hall–Kier alpha value is -1.56. The van der Waals surface area contributed by atoms with Gasteiger partial charge >= 0.3 is 0 Å². The van der Waals surface area contributed by atoms with Crippen LogP contribution in [0.2, 0.25) is 0 Å². The van der Waals surface area contributed by atoms with Gasteiger partial charge in [0, 0.05) is 11.1 Å². The van der Waals surface area contributed by atoms with Crippen molar-refractivity contribution < 1.29 is 0 Å². The summed E-state index contributed by atoms with van der Waals surface area (Å²) in [5, 5.41) is 0. The number of aromatic nitrogens is 3. The van der Waals surface area contributed by atoms with Crippen LogP contribution in [-0.4, -0.2) is 21.2 Å². The van der Waals surface area contributed by atoms with Crippen molar-refractivity contribution in [2.24, 2.45) is 0 Å². The summed E-state index contributed by atoms with van der Waals surface area (Å²) in [7, 11) is 0. The molecule has 0 radical (unpaired) electrons.